The number of carbonyl (C=O) groups is 1. The Kier molecular flexibility index (Phi) is 5.96. The van der Waals surface area contributed by atoms with Crippen LogP contribution in [-0.2, 0) is 11.3 Å². The number of hydrogen-bond donors (Lipinski definition) is 1. The molecule has 1 atom stereocenters. The fourth-order valence-corrected chi connectivity index (χ4v) is 5.82. The first kappa shape index (κ1) is 20.4. The number of carbonyl (C=O) groups excluding carboxylic acids is 1. The van der Waals surface area contributed by atoms with Crippen molar-refractivity contribution >= 4 is 50.8 Å². The molecule has 0 fully saturated rings. The molecule has 29 heavy (non-hydrogen) atoms. The summed E-state index contributed by atoms with van der Waals surface area (Å²) in [7, 11) is 3.15. The number of rotatable bonds is 5. The van der Waals surface area contributed by atoms with Crippen molar-refractivity contribution in [1.29, 1.82) is 0 Å². The minimum atomic E-state index is -0.122. The van der Waals surface area contributed by atoms with Crippen LogP contribution in [0.5, 0.6) is 5.88 Å². The summed E-state index contributed by atoms with van der Waals surface area (Å²) in [6.07, 6.45) is 0.856. The van der Waals surface area contributed by atoms with Gasteiger partial charge in [0.25, 0.3) is 5.91 Å². The number of halogens is 1. The topological polar surface area (TPSA) is 73.3 Å². The molecule has 0 saturated carbocycles. The van der Waals surface area contributed by atoms with Crippen molar-refractivity contribution in [2.75, 3.05) is 20.0 Å². The Bertz CT molecular complexity index is 1090. The summed E-state index contributed by atoms with van der Waals surface area (Å²) in [5.74, 6) is 1.81. The number of nitrogens with zero attached hydrogens (tertiary/aromatic N) is 2. The molecule has 3 heterocycles. The molecule has 4 rings (SSSR count). The molecule has 1 unspecified atom stereocenters. The van der Waals surface area contributed by atoms with Gasteiger partial charge in [0, 0.05) is 22.8 Å². The highest BCUT2D eigenvalue weighted by Crippen LogP contribution is 2.39. The summed E-state index contributed by atoms with van der Waals surface area (Å²) < 4.78 is 10.6. The van der Waals surface area contributed by atoms with E-state index in [1.54, 1.807) is 26.0 Å². The lowest BCUT2D eigenvalue weighted by atomic mass is 10.0. The van der Waals surface area contributed by atoms with Crippen LogP contribution in [-0.4, -0.2) is 35.8 Å². The van der Waals surface area contributed by atoms with Crippen LogP contribution in [0.15, 0.2) is 23.1 Å². The molecule has 2 aromatic heterocycles. The lowest BCUT2D eigenvalue weighted by molar-refractivity contribution is 0.0938. The van der Waals surface area contributed by atoms with E-state index in [9.17, 15) is 4.79 Å². The van der Waals surface area contributed by atoms with Crippen molar-refractivity contribution in [1.82, 2.24) is 15.3 Å². The summed E-state index contributed by atoms with van der Waals surface area (Å²) in [5, 5.41) is 4.63. The van der Waals surface area contributed by atoms with E-state index >= 15 is 0 Å². The number of aromatic nitrogens is 2. The van der Waals surface area contributed by atoms with Gasteiger partial charge in [-0.05, 0) is 42.7 Å². The quantitative estimate of drug-likeness (QED) is 0.604. The molecule has 0 saturated heterocycles. The Labute approximate surface area is 182 Å². The van der Waals surface area contributed by atoms with Gasteiger partial charge in [0.2, 0.25) is 5.88 Å². The van der Waals surface area contributed by atoms with Gasteiger partial charge >= 0.3 is 0 Å². The highest BCUT2D eigenvalue weighted by atomic mass is 35.5. The first-order valence-corrected chi connectivity index (χ1v) is 11.3. The van der Waals surface area contributed by atoms with Crippen molar-refractivity contribution in [2.45, 2.75) is 30.9 Å². The minimum Gasteiger partial charge on any atom is -0.480 e. The minimum absolute atomic E-state index is 0.0703. The van der Waals surface area contributed by atoms with Crippen molar-refractivity contribution in [2.24, 2.45) is 0 Å². The molecule has 152 valence electrons. The van der Waals surface area contributed by atoms with Crippen molar-refractivity contribution in [3.63, 3.8) is 0 Å². The van der Waals surface area contributed by atoms with Crippen molar-refractivity contribution in [3.05, 3.63) is 45.1 Å². The number of benzene rings is 1. The second-order valence-corrected chi connectivity index (χ2v) is 9.24. The standard InChI is InChI=1S/C20H20ClN3O3S2/c1-10-16-19(27-3)23-15(9-26-2)24-20(16)29-17(10)18(25)22-13-6-7-28-14-5-4-11(21)8-12(13)14/h4-5,8,13H,6-7,9H2,1-3H3,(H,22,25). The van der Waals surface area contributed by atoms with E-state index in [4.69, 9.17) is 21.1 Å². The summed E-state index contributed by atoms with van der Waals surface area (Å²) in [6, 6.07) is 5.77. The SMILES string of the molecule is COCc1nc(OC)c2c(C)c(C(=O)NC3CCSc4ccc(Cl)cc43)sc2n1. The Morgan fingerprint density at radius 1 is 1.34 bits per heavy atom. The first-order chi connectivity index (χ1) is 14.0. The van der Waals surface area contributed by atoms with E-state index in [0.29, 0.717) is 26.4 Å². The second-order valence-electron chi connectivity index (χ2n) is 6.66. The number of thiophene rings is 1. The molecule has 6 nitrogen and oxygen atoms in total. The van der Waals surface area contributed by atoms with Gasteiger partial charge < -0.3 is 14.8 Å². The molecule has 9 heteroatoms. The number of aryl methyl sites for hydroxylation is 1. The van der Waals surface area contributed by atoms with Crippen LogP contribution >= 0.6 is 34.7 Å². The fraction of sp³-hybridized carbons (Fsp3) is 0.350. The normalized spacial score (nSPS) is 15.9. The number of ether oxygens (including phenoxy) is 2. The maximum atomic E-state index is 13.2. The second kappa shape index (κ2) is 8.47. The zero-order chi connectivity index (χ0) is 20.5. The van der Waals surface area contributed by atoms with Gasteiger partial charge in [-0.2, -0.15) is 4.98 Å². The Hall–Kier alpha value is -1.87. The molecular formula is C20H20ClN3O3S2. The van der Waals surface area contributed by atoms with Crippen molar-refractivity contribution < 1.29 is 14.3 Å². The maximum absolute atomic E-state index is 13.2. The average Bonchev–Trinajstić information content (AvgIpc) is 3.05. The predicted octanol–water partition coefficient (Wildman–Crippen LogP) is 4.78. The van der Waals surface area contributed by atoms with Crippen LogP contribution in [0.1, 0.15) is 39.1 Å². The molecule has 1 amide bonds. The highest BCUT2D eigenvalue weighted by molar-refractivity contribution is 7.99. The zero-order valence-electron chi connectivity index (χ0n) is 16.2. The van der Waals surface area contributed by atoms with E-state index in [2.05, 4.69) is 15.3 Å². The van der Waals surface area contributed by atoms with E-state index < -0.39 is 0 Å². The first-order valence-electron chi connectivity index (χ1n) is 9.08. The number of hydrogen-bond acceptors (Lipinski definition) is 7. The van der Waals surface area contributed by atoms with Gasteiger partial charge in [-0.25, -0.2) is 4.98 Å². The molecular weight excluding hydrogens is 430 g/mol. The van der Waals surface area contributed by atoms with E-state index in [1.807, 2.05) is 25.1 Å². The highest BCUT2D eigenvalue weighted by Gasteiger charge is 2.26. The van der Waals surface area contributed by atoms with Crippen LogP contribution in [0.25, 0.3) is 10.2 Å². The molecule has 0 bridgehead atoms. The van der Waals surface area contributed by atoms with Gasteiger partial charge in [0.15, 0.2) is 5.82 Å². The average molecular weight is 450 g/mol. The Balaban J connectivity index is 1.68. The van der Waals surface area contributed by atoms with Gasteiger partial charge in [-0.1, -0.05) is 11.6 Å². The van der Waals surface area contributed by atoms with Crippen LogP contribution in [0, 0.1) is 6.92 Å². The third-order valence-electron chi connectivity index (χ3n) is 4.79. The number of nitrogens with one attached hydrogen (secondary N) is 1. The molecule has 3 aromatic rings. The molecule has 0 aliphatic carbocycles. The van der Waals surface area contributed by atoms with Crippen LogP contribution in [0.4, 0.5) is 0 Å². The maximum Gasteiger partial charge on any atom is 0.262 e. The van der Waals surface area contributed by atoms with Crippen LogP contribution in [0.3, 0.4) is 0 Å². The molecule has 1 aliphatic heterocycles. The molecule has 1 aliphatic rings. The number of methoxy groups -OCH3 is 2. The van der Waals surface area contributed by atoms with E-state index in [0.717, 1.165) is 33.6 Å². The molecule has 0 spiro atoms. The van der Waals surface area contributed by atoms with Gasteiger partial charge in [0.1, 0.15) is 11.4 Å². The Morgan fingerprint density at radius 2 is 2.17 bits per heavy atom. The summed E-state index contributed by atoms with van der Waals surface area (Å²) >= 11 is 9.32. The fourth-order valence-electron chi connectivity index (χ4n) is 3.44. The van der Waals surface area contributed by atoms with Gasteiger partial charge in [-0.15, -0.1) is 23.1 Å². The smallest absolute Gasteiger partial charge is 0.262 e. The number of amides is 1. The summed E-state index contributed by atoms with van der Waals surface area (Å²) in [4.78, 5) is 24.6. The van der Waals surface area contributed by atoms with Crippen LogP contribution in [0.2, 0.25) is 5.02 Å². The zero-order valence-corrected chi connectivity index (χ0v) is 18.6. The van der Waals surface area contributed by atoms with E-state index in [-0.39, 0.29) is 18.6 Å². The lowest BCUT2D eigenvalue weighted by Crippen LogP contribution is -2.30. The molecule has 1 N–H and O–H groups in total. The van der Waals surface area contributed by atoms with Gasteiger partial charge in [-0.3, -0.25) is 4.79 Å². The molecule has 1 aromatic carbocycles. The summed E-state index contributed by atoms with van der Waals surface area (Å²) in [6.45, 7) is 2.18. The third-order valence-corrected chi connectivity index (χ3v) is 7.34. The van der Waals surface area contributed by atoms with Crippen molar-refractivity contribution in [3.8, 4) is 5.88 Å². The number of fused-ring (bicyclic) bond motifs is 2. The third kappa shape index (κ3) is 3.94. The monoisotopic (exact) mass is 449 g/mol. The van der Waals surface area contributed by atoms with E-state index in [1.165, 1.54) is 11.3 Å². The van der Waals surface area contributed by atoms with Crippen LogP contribution < -0.4 is 10.1 Å². The predicted molar refractivity (Wildman–Crippen MR) is 116 cm³/mol. The van der Waals surface area contributed by atoms with Gasteiger partial charge in [0.05, 0.1) is 23.4 Å². The largest absolute Gasteiger partial charge is 0.480 e. The number of thioether (sulfide) groups is 1. The summed E-state index contributed by atoms with van der Waals surface area (Å²) in [5.41, 5.74) is 1.89. The Morgan fingerprint density at radius 3 is 2.93 bits per heavy atom. The lowest BCUT2D eigenvalue weighted by Gasteiger charge is -2.26. The molecule has 0 radical (unpaired) electrons.